The van der Waals surface area contributed by atoms with E-state index in [1.165, 1.54) is 5.56 Å². The van der Waals surface area contributed by atoms with Crippen LogP contribution >= 0.6 is 15.9 Å². The minimum absolute atomic E-state index is 0.124. The predicted molar refractivity (Wildman–Crippen MR) is 80.2 cm³/mol. The first-order chi connectivity index (χ1) is 9.24. The highest BCUT2D eigenvalue weighted by Crippen LogP contribution is 2.10. The molecule has 1 fully saturated rings. The molecular weight excluding hydrogens is 306 g/mol. The molecule has 1 aromatic rings. The van der Waals surface area contributed by atoms with Crippen molar-refractivity contribution < 1.29 is 4.79 Å². The van der Waals surface area contributed by atoms with E-state index in [1.807, 2.05) is 12.1 Å². The lowest BCUT2D eigenvalue weighted by Gasteiger charge is -2.26. The van der Waals surface area contributed by atoms with Gasteiger partial charge in [-0.1, -0.05) is 28.1 Å². The van der Waals surface area contributed by atoms with Gasteiger partial charge in [0.15, 0.2) is 0 Å². The Morgan fingerprint density at radius 3 is 2.63 bits per heavy atom. The zero-order chi connectivity index (χ0) is 13.5. The van der Waals surface area contributed by atoms with E-state index in [1.54, 1.807) is 0 Å². The van der Waals surface area contributed by atoms with E-state index < -0.39 is 0 Å². The lowest BCUT2D eigenvalue weighted by molar-refractivity contribution is -0.122. The van der Waals surface area contributed by atoms with E-state index in [2.05, 4.69) is 43.6 Å². The standard InChI is InChI=1S/C14H20BrN3O/c15-13-3-1-12(2-4-13)5-6-17-14(19)11-18-9-7-16-8-10-18/h1-4,16H,5-11H2,(H,17,19). The number of nitrogens with one attached hydrogen (secondary N) is 2. The second-order valence-electron chi connectivity index (χ2n) is 4.75. The smallest absolute Gasteiger partial charge is 0.234 e. The number of nitrogens with zero attached hydrogens (tertiary/aromatic N) is 1. The number of carbonyl (C=O) groups is 1. The molecule has 0 aromatic heterocycles. The Balaban J connectivity index is 1.64. The minimum Gasteiger partial charge on any atom is -0.355 e. The molecule has 0 spiro atoms. The summed E-state index contributed by atoms with van der Waals surface area (Å²) in [6, 6.07) is 8.20. The molecular formula is C14H20BrN3O. The maximum absolute atomic E-state index is 11.8. The summed E-state index contributed by atoms with van der Waals surface area (Å²) in [6.07, 6.45) is 0.876. The normalized spacial score (nSPS) is 16.3. The summed E-state index contributed by atoms with van der Waals surface area (Å²) in [7, 11) is 0. The van der Waals surface area contributed by atoms with Crippen LogP contribution in [-0.2, 0) is 11.2 Å². The average Bonchev–Trinajstić information content (AvgIpc) is 2.42. The number of hydrogen-bond acceptors (Lipinski definition) is 3. The lowest BCUT2D eigenvalue weighted by Crippen LogP contribution is -2.47. The van der Waals surface area contributed by atoms with E-state index in [0.717, 1.165) is 37.1 Å². The summed E-state index contributed by atoms with van der Waals surface area (Å²) >= 11 is 3.41. The van der Waals surface area contributed by atoms with Crippen LogP contribution in [0, 0.1) is 0 Å². The molecule has 0 unspecified atom stereocenters. The van der Waals surface area contributed by atoms with Gasteiger partial charge >= 0.3 is 0 Å². The Labute approximate surface area is 122 Å². The molecule has 1 aromatic carbocycles. The van der Waals surface area contributed by atoms with Crippen LogP contribution < -0.4 is 10.6 Å². The van der Waals surface area contributed by atoms with E-state index >= 15 is 0 Å². The molecule has 1 amide bonds. The summed E-state index contributed by atoms with van der Waals surface area (Å²) in [5, 5.41) is 6.26. The zero-order valence-corrected chi connectivity index (χ0v) is 12.6. The van der Waals surface area contributed by atoms with Gasteiger partial charge in [-0.25, -0.2) is 0 Å². The van der Waals surface area contributed by atoms with Crippen LogP contribution in [0.3, 0.4) is 0 Å². The van der Waals surface area contributed by atoms with Gasteiger partial charge in [0.05, 0.1) is 6.54 Å². The van der Waals surface area contributed by atoms with Gasteiger partial charge in [-0.2, -0.15) is 0 Å². The fraction of sp³-hybridized carbons (Fsp3) is 0.500. The van der Waals surface area contributed by atoms with Crippen molar-refractivity contribution in [2.45, 2.75) is 6.42 Å². The van der Waals surface area contributed by atoms with Crippen LogP contribution in [0.5, 0.6) is 0 Å². The van der Waals surface area contributed by atoms with Crippen molar-refractivity contribution in [1.29, 1.82) is 0 Å². The van der Waals surface area contributed by atoms with Crippen molar-refractivity contribution in [3.63, 3.8) is 0 Å². The molecule has 1 aliphatic rings. The van der Waals surface area contributed by atoms with Gasteiger partial charge < -0.3 is 10.6 Å². The van der Waals surface area contributed by atoms with E-state index in [-0.39, 0.29) is 5.91 Å². The Kier molecular flexibility index (Phi) is 5.82. The Bertz CT molecular complexity index is 402. The zero-order valence-electron chi connectivity index (χ0n) is 11.0. The molecule has 0 radical (unpaired) electrons. The fourth-order valence-corrected chi connectivity index (χ4v) is 2.39. The molecule has 2 N–H and O–H groups in total. The summed E-state index contributed by atoms with van der Waals surface area (Å²) < 4.78 is 1.08. The van der Waals surface area contributed by atoms with Gasteiger partial charge in [-0.05, 0) is 24.1 Å². The first-order valence-corrected chi connectivity index (χ1v) is 7.47. The first-order valence-electron chi connectivity index (χ1n) is 6.68. The second-order valence-corrected chi connectivity index (χ2v) is 5.67. The Morgan fingerprint density at radius 1 is 1.26 bits per heavy atom. The molecule has 0 aliphatic carbocycles. The largest absolute Gasteiger partial charge is 0.355 e. The van der Waals surface area contributed by atoms with Crippen LogP contribution in [0.2, 0.25) is 0 Å². The molecule has 4 nitrogen and oxygen atoms in total. The predicted octanol–water partition coefficient (Wildman–Crippen LogP) is 1.01. The highest BCUT2D eigenvalue weighted by molar-refractivity contribution is 9.10. The van der Waals surface area contributed by atoms with Gasteiger partial charge in [0.2, 0.25) is 5.91 Å². The SMILES string of the molecule is O=C(CN1CCNCC1)NCCc1ccc(Br)cc1. The van der Waals surface area contributed by atoms with Crippen LogP contribution in [0.15, 0.2) is 28.7 Å². The van der Waals surface area contributed by atoms with Gasteiger partial charge in [0.25, 0.3) is 0 Å². The molecule has 104 valence electrons. The first kappa shape index (κ1) is 14.5. The summed E-state index contributed by atoms with van der Waals surface area (Å²) in [4.78, 5) is 14.0. The third kappa shape index (κ3) is 5.30. The third-order valence-corrected chi connectivity index (χ3v) is 3.75. The number of piperazine rings is 1. The molecule has 5 heteroatoms. The van der Waals surface area contributed by atoms with E-state index in [9.17, 15) is 4.79 Å². The van der Waals surface area contributed by atoms with Crippen LogP contribution in [0.4, 0.5) is 0 Å². The Hall–Kier alpha value is -0.910. The number of benzene rings is 1. The van der Waals surface area contributed by atoms with Crippen LogP contribution in [0.1, 0.15) is 5.56 Å². The van der Waals surface area contributed by atoms with Gasteiger partial charge in [-0.15, -0.1) is 0 Å². The van der Waals surface area contributed by atoms with Crippen molar-refractivity contribution >= 4 is 21.8 Å². The van der Waals surface area contributed by atoms with Crippen molar-refractivity contribution in [2.24, 2.45) is 0 Å². The topological polar surface area (TPSA) is 44.4 Å². The molecule has 2 rings (SSSR count). The maximum atomic E-state index is 11.8. The van der Waals surface area contributed by atoms with Crippen molar-refractivity contribution in [3.05, 3.63) is 34.3 Å². The summed E-state index contributed by atoms with van der Waals surface area (Å²) in [5.41, 5.74) is 1.24. The van der Waals surface area contributed by atoms with Crippen molar-refractivity contribution in [2.75, 3.05) is 39.3 Å². The highest BCUT2D eigenvalue weighted by Gasteiger charge is 2.12. The molecule has 1 saturated heterocycles. The number of amides is 1. The van der Waals surface area contributed by atoms with Gasteiger partial charge in [0, 0.05) is 37.2 Å². The fourth-order valence-electron chi connectivity index (χ4n) is 2.13. The quantitative estimate of drug-likeness (QED) is 0.849. The van der Waals surface area contributed by atoms with Gasteiger partial charge in [-0.3, -0.25) is 9.69 Å². The monoisotopic (exact) mass is 325 g/mol. The molecule has 0 atom stereocenters. The minimum atomic E-state index is 0.124. The lowest BCUT2D eigenvalue weighted by atomic mass is 10.1. The average molecular weight is 326 g/mol. The molecule has 19 heavy (non-hydrogen) atoms. The number of rotatable bonds is 5. The Morgan fingerprint density at radius 2 is 1.95 bits per heavy atom. The molecule has 0 saturated carbocycles. The van der Waals surface area contributed by atoms with E-state index in [4.69, 9.17) is 0 Å². The van der Waals surface area contributed by atoms with Crippen LogP contribution in [-0.4, -0.2) is 50.1 Å². The number of hydrogen-bond donors (Lipinski definition) is 2. The molecule has 1 heterocycles. The van der Waals surface area contributed by atoms with Crippen molar-refractivity contribution in [1.82, 2.24) is 15.5 Å². The summed E-state index contributed by atoms with van der Waals surface area (Å²) in [6.45, 7) is 5.09. The number of halogens is 1. The second kappa shape index (κ2) is 7.62. The third-order valence-electron chi connectivity index (χ3n) is 3.23. The molecule has 1 aliphatic heterocycles. The number of carbonyl (C=O) groups excluding carboxylic acids is 1. The van der Waals surface area contributed by atoms with Crippen LogP contribution in [0.25, 0.3) is 0 Å². The van der Waals surface area contributed by atoms with E-state index in [0.29, 0.717) is 13.1 Å². The van der Waals surface area contributed by atoms with Gasteiger partial charge in [0.1, 0.15) is 0 Å². The summed E-state index contributed by atoms with van der Waals surface area (Å²) in [5.74, 6) is 0.124. The maximum Gasteiger partial charge on any atom is 0.234 e. The molecule has 0 bridgehead atoms. The van der Waals surface area contributed by atoms with Crippen molar-refractivity contribution in [3.8, 4) is 0 Å². The highest BCUT2D eigenvalue weighted by atomic mass is 79.9.